The SMILES string of the molecule is Nc1ccccc1NC(=O)c1ccc(-c2ccnc(CCNC3COCCN3)n2)cc1. The molecular weight excluding hydrogens is 392 g/mol. The quantitative estimate of drug-likeness (QED) is 0.434. The Morgan fingerprint density at radius 3 is 2.77 bits per heavy atom. The molecule has 1 aromatic heterocycles. The van der Waals surface area contributed by atoms with Crippen LogP contribution in [-0.4, -0.2) is 48.3 Å². The van der Waals surface area contributed by atoms with Crippen molar-refractivity contribution in [1.82, 2.24) is 20.6 Å². The molecule has 0 radical (unpaired) electrons. The number of aromatic nitrogens is 2. The van der Waals surface area contributed by atoms with Crippen LogP contribution < -0.4 is 21.7 Å². The summed E-state index contributed by atoms with van der Waals surface area (Å²) >= 11 is 0. The number of rotatable bonds is 7. The van der Waals surface area contributed by atoms with E-state index in [0.29, 0.717) is 30.0 Å². The molecule has 0 spiro atoms. The Morgan fingerprint density at radius 2 is 2.00 bits per heavy atom. The van der Waals surface area contributed by atoms with E-state index < -0.39 is 0 Å². The van der Waals surface area contributed by atoms with Gasteiger partial charge in [0.05, 0.1) is 36.4 Å². The van der Waals surface area contributed by atoms with Gasteiger partial charge in [-0.1, -0.05) is 24.3 Å². The molecule has 2 aromatic carbocycles. The number of nitrogens with one attached hydrogen (secondary N) is 3. The summed E-state index contributed by atoms with van der Waals surface area (Å²) < 4.78 is 5.44. The van der Waals surface area contributed by atoms with Crippen LogP contribution in [0, 0.1) is 0 Å². The first kappa shape index (κ1) is 20.9. The summed E-state index contributed by atoms with van der Waals surface area (Å²) in [5.74, 6) is 0.558. The number of carbonyl (C=O) groups is 1. The summed E-state index contributed by atoms with van der Waals surface area (Å²) in [5.41, 5.74) is 9.32. The molecule has 1 saturated heterocycles. The molecule has 0 saturated carbocycles. The molecule has 31 heavy (non-hydrogen) atoms. The van der Waals surface area contributed by atoms with E-state index in [1.165, 1.54) is 0 Å². The van der Waals surface area contributed by atoms with E-state index in [9.17, 15) is 4.79 Å². The first-order valence-corrected chi connectivity index (χ1v) is 10.3. The van der Waals surface area contributed by atoms with Crippen LogP contribution in [0.2, 0.25) is 0 Å². The van der Waals surface area contributed by atoms with Crippen LogP contribution >= 0.6 is 0 Å². The number of nitrogens with two attached hydrogens (primary N) is 1. The van der Waals surface area contributed by atoms with Gasteiger partial charge in [0.25, 0.3) is 5.91 Å². The number of hydrogen-bond acceptors (Lipinski definition) is 7. The zero-order chi connectivity index (χ0) is 21.5. The summed E-state index contributed by atoms with van der Waals surface area (Å²) in [6.07, 6.45) is 2.64. The van der Waals surface area contributed by atoms with E-state index in [1.807, 2.05) is 30.3 Å². The third kappa shape index (κ3) is 5.64. The van der Waals surface area contributed by atoms with Gasteiger partial charge in [0.2, 0.25) is 0 Å². The summed E-state index contributed by atoms with van der Waals surface area (Å²) in [6, 6.07) is 16.4. The Labute approximate surface area is 181 Å². The topological polar surface area (TPSA) is 114 Å². The molecule has 0 aliphatic carbocycles. The first-order valence-electron chi connectivity index (χ1n) is 10.3. The third-order valence-corrected chi connectivity index (χ3v) is 5.02. The lowest BCUT2D eigenvalue weighted by atomic mass is 10.1. The van der Waals surface area contributed by atoms with Gasteiger partial charge in [0, 0.05) is 36.8 Å². The van der Waals surface area contributed by atoms with E-state index in [2.05, 4.69) is 25.9 Å². The zero-order valence-electron chi connectivity index (χ0n) is 17.2. The molecule has 1 amide bonds. The highest BCUT2D eigenvalue weighted by Crippen LogP contribution is 2.20. The van der Waals surface area contributed by atoms with Gasteiger partial charge in [0.15, 0.2) is 0 Å². The molecule has 3 aromatic rings. The Bertz CT molecular complexity index is 1020. The van der Waals surface area contributed by atoms with Gasteiger partial charge in [-0.05, 0) is 30.3 Å². The van der Waals surface area contributed by atoms with E-state index in [-0.39, 0.29) is 12.1 Å². The minimum atomic E-state index is -0.209. The van der Waals surface area contributed by atoms with Crippen LogP contribution in [0.1, 0.15) is 16.2 Å². The van der Waals surface area contributed by atoms with Crippen molar-refractivity contribution >= 4 is 17.3 Å². The van der Waals surface area contributed by atoms with Gasteiger partial charge < -0.3 is 15.8 Å². The van der Waals surface area contributed by atoms with Crippen molar-refractivity contribution in [3.8, 4) is 11.3 Å². The summed E-state index contributed by atoms with van der Waals surface area (Å²) in [5, 5.41) is 9.60. The number of amides is 1. The molecule has 1 aliphatic heterocycles. The van der Waals surface area contributed by atoms with Crippen molar-refractivity contribution in [2.24, 2.45) is 0 Å². The summed E-state index contributed by atoms with van der Waals surface area (Å²) in [4.78, 5) is 21.5. The fourth-order valence-electron chi connectivity index (χ4n) is 3.33. The Hall–Kier alpha value is -3.33. The van der Waals surface area contributed by atoms with E-state index in [1.54, 1.807) is 30.5 Å². The second-order valence-electron chi connectivity index (χ2n) is 7.26. The van der Waals surface area contributed by atoms with Crippen LogP contribution in [0.15, 0.2) is 60.8 Å². The molecule has 1 fully saturated rings. The molecule has 5 N–H and O–H groups in total. The molecule has 8 nitrogen and oxygen atoms in total. The molecular formula is C23H26N6O2. The molecule has 1 atom stereocenters. The smallest absolute Gasteiger partial charge is 0.255 e. The van der Waals surface area contributed by atoms with Crippen molar-refractivity contribution in [1.29, 1.82) is 0 Å². The van der Waals surface area contributed by atoms with E-state index >= 15 is 0 Å². The highest BCUT2D eigenvalue weighted by atomic mass is 16.5. The maximum Gasteiger partial charge on any atom is 0.255 e. The Morgan fingerprint density at radius 1 is 1.16 bits per heavy atom. The van der Waals surface area contributed by atoms with Crippen molar-refractivity contribution in [3.05, 3.63) is 72.2 Å². The number of hydrogen-bond donors (Lipinski definition) is 4. The maximum atomic E-state index is 12.5. The number of benzene rings is 2. The average Bonchev–Trinajstić information content (AvgIpc) is 2.81. The van der Waals surface area contributed by atoms with Gasteiger partial charge >= 0.3 is 0 Å². The predicted octanol–water partition coefficient (Wildman–Crippen LogP) is 2.06. The van der Waals surface area contributed by atoms with Crippen LogP contribution in [-0.2, 0) is 11.2 Å². The summed E-state index contributed by atoms with van der Waals surface area (Å²) in [6.45, 7) is 3.03. The van der Waals surface area contributed by atoms with Crippen LogP contribution in [0.5, 0.6) is 0 Å². The molecule has 160 valence electrons. The Balaban J connectivity index is 1.36. The van der Waals surface area contributed by atoms with E-state index in [4.69, 9.17) is 10.5 Å². The van der Waals surface area contributed by atoms with Gasteiger partial charge in [-0.25, -0.2) is 9.97 Å². The van der Waals surface area contributed by atoms with Crippen LogP contribution in [0.4, 0.5) is 11.4 Å². The van der Waals surface area contributed by atoms with Crippen molar-refractivity contribution < 1.29 is 9.53 Å². The lowest BCUT2D eigenvalue weighted by Crippen LogP contribution is -2.51. The molecule has 0 bridgehead atoms. The monoisotopic (exact) mass is 418 g/mol. The lowest BCUT2D eigenvalue weighted by Gasteiger charge is -2.24. The van der Waals surface area contributed by atoms with Gasteiger partial charge in [-0.15, -0.1) is 0 Å². The minimum absolute atomic E-state index is 0.168. The summed E-state index contributed by atoms with van der Waals surface area (Å²) in [7, 11) is 0. The molecule has 1 unspecified atom stereocenters. The van der Waals surface area contributed by atoms with Crippen LogP contribution in [0.3, 0.4) is 0 Å². The van der Waals surface area contributed by atoms with Crippen molar-refractivity contribution in [2.45, 2.75) is 12.6 Å². The maximum absolute atomic E-state index is 12.5. The molecule has 1 aliphatic rings. The molecule has 2 heterocycles. The molecule has 4 rings (SSSR count). The van der Waals surface area contributed by atoms with Gasteiger partial charge in [-0.2, -0.15) is 0 Å². The van der Waals surface area contributed by atoms with Crippen molar-refractivity contribution in [3.63, 3.8) is 0 Å². The number of nitrogens with zero attached hydrogens (tertiary/aromatic N) is 2. The highest BCUT2D eigenvalue weighted by molar-refractivity contribution is 6.05. The minimum Gasteiger partial charge on any atom is -0.397 e. The second-order valence-corrected chi connectivity index (χ2v) is 7.26. The third-order valence-electron chi connectivity index (χ3n) is 5.02. The number of anilines is 2. The largest absolute Gasteiger partial charge is 0.397 e. The second kappa shape index (κ2) is 10.1. The Kier molecular flexibility index (Phi) is 6.83. The van der Waals surface area contributed by atoms with Crippen molar-refractivity contribution in [2.75, 3.05) is 37.4 Å². The fraction of sp³-hybridized carbons (Fsp3) is 0.261. The predicted molar refractivity (Wildman–Crippen MR) is 121 cm³/mol. The highest BCUT2D eigenvalue weighted by Gasteiger charge is 2.12. The number of nitrogen functional groups attached to an aromatic ring is 1. The standard InChI is InChI=1S/C23H26N6O2/c24-18-3-1-2-4-20(18)29-23(30)17-7-5-16(6-8-17)19-9-11-25-21(28-19)10-12-26-22-15-31-14-13-27-22/h1-9,11,22,26-27H,10,12-15,24H2,(H,29,30). The fourth-order valence-corrected chi connectivity index (χ4v) is 3.33. The number of ether oxygens (including phenoxy) is 1. The first-order chi connectivity index (χ1) is 15.2. The number of carbonyl (C=O) groups excluding carboxylic acids is 1. The lowest BCUT2D eigenvalue weighted by molar-refractivity contribution is 0.0661. The molecule has 8 heteroatoms. The average molecular weight is 419 g/mol. The van der Waals surface area contributed by atoms with E-state index in [0.717, 1.165) is 36.8 Å². The van der Waals surface area contributed by atoms with Gasteiger partial charge in [-0.3, -0.25) is 15.4 Å². The number of para-hydroxylation sites is 2. The normalized spacial score (nSPS) is 16.1. The van der Waals surface area contributed by atoms with Crippen LogP contribution in [0.25, 0.3) is 11.3 Å². The zero-order valence-corrected chi connectivity index (χ0v) is 17.2. The van der Waals surface area contributed by atoms with Gasteiger partial charge in [0.1, 0.15) is 5.82 Å². The number of morpholine rings is 1.